The zero-order valence-electron chi connectivity index (χ0n) is 12.9. The van der Waals surface area contributed by atoms with Crippen LogP contribution in [-0.4, -0.2) is 37.1 Å². The number of furan rings is 1. The molecule has 0 spiro atoms. The Kier molecular flexibility index (Phi) is 5.14. The number of carbonyl (C=O) groups is 1. The number of halogens is 1. The van der Waals surface area contributed by atoms with Crippen molar-refractivity contribution < 1.29 is 13.9 Å². The average Bonchev–Trinajstić information content (AvgIpc) is 3.09. The van der Waals surface area contributed by atoms with Crippen LogP contribution in [0.4, 0.5) is 0 Å². The van der Waals surface area contributed by atoms with Crippen LogP contribution >= 0.6 is 15.9 Å². The lowest BCUT2D eigenvalue weighted by Crippen LogP contribution is -2.41. The first-order valence-corrected chi connectivity index (χ1v) is 8.31. The van der Waals surface area contributed by atoms with Gasteiger partial charge in [-0.2, -0.15) is 5.26 Å². The van der Waals surface area contributed by atoms with E-state index in [0.717, 1.165) is 10.0 Å². The molecule has 2 heterocycles. The average molecular weight is 387 g/mol. The number of morpholine rings is 1. The third-order valence-corrected chi connectivity index (χ3v) is 4.22. The molecule has 0 saturated carbocycles. The number of benzene rings is 1. The Morgan fingerprint density at radius 1 is 1.17 bits per heavy atom. The van der Waals surface area contributed by atoms with Crippen LogP contribution in [0.1, 0.15) is 5.76 Å². The first-order chi connectivity index (χ1) is 11.7. The number of nitriles is 1. The minimum Gasteiger partial charge on any atom is -0.457 e. The highest BCUT2D eigenvalue weighted by atomic mass is 79.9. The summed E-state index contributed by atoms with van der Waals surface area (Å²) in [5.74, 6) is 0.873. The normalized spacial score (nSPS) is 15.2. The minimum atomic E-state index is -0.289. The van der Waals surface area contributed by atoms with Crippen molar-refractivity contribution in [3.63, 3.8) is 0 Å². The molecule has 1 amide bonds. The van der Waals surface area contributed by atoms with E-state index in [1.165, 1.54) is 6.08 Å². The lowest BCUT2D eigenvalue weighted by atomic mass is 10.2. The Morgan fingerprint density at radius 2 is 1.88 bits per heavy atom. The number of hydrogen-bond donors (Lipinski definition) is 0. The van der Waals surface area contributed by atoms with Gasteiger partial charge in [0.1, 0.15) is 23.2 Å². The fourth-order valence-electron chi connectivity index (χ4n) is 2.42. The van der Waals surface area contributed by atoms with Crippen molar-refractivity contribution in [1.82, 2.24) is 4.90 Å². The van der Waals surface area contributed by atoms with Crippen molar-refractivity contribution in [2.45, 2.75) is 0 Å². The molecule has 1 saturated heterocycles. The van der Waals surface area contributed by atoms with Crippen molar-refractivity contribution in [3.05, 3.63) is 52.2 Å². The molecule has 0 atom stereocenters. The van der Waals surface area contributed by atoms with Gasteiger partial charge in [-0.25, -0.2) is 0 Å². The lowest BCUT2D eigenvalue weighted by Gasteiger charge is -2.26. The molecule has 1 aliphatic rings. The Morgan fingerprint density at radius 3 is 2.54 bits per heavy atom. The van der Waals surface area contributed by atoms with Crippen molar-refractivity contribution in [3.8, 4) is 17.4 Å². The van der Waals surface area contributed by atoms with Crippen LogP contribution in [0.3, 0.4) is 0 Å². The highest BCUT2D eigenvalue weighted by Crippen LogP contribution is 2.25. The number of rotatable bonds is 3. The van der Waals surface area contributed by atoms with E-state index in [-0.39, 0.29) is 11.5 Å². The molecule has 1 fully saturated rings. The highest BCUT2D eigenvalue weighted by Gasteiger charge is 2.21. The van der Waals surface area contributed by atoms with E-state index >= 15 is 0 Å². The summed E-state index contributed by atoms with van der Waals surface area (Å²) < 4.78 is 12.0. The largest absolute Gasteiger partial charge is 0.457 e. The fourth-order valence-corrected chi connectivity index (χ4v) is 2.68. The Hall–Kier alpha value is -2.36. The minimum absolute atomic E-state index is 0.0635. The van der Waals surface area contributed by atoms with Crippen LogP contribution in [0.2, 0.25) is 0 Å². The molecular weight excluding hydrogens is 372 g/mol. The van der Waals surface area contributed by atoms with Crippen LogP contribution in [0.15, 0.2) is 50.9 Å². The summed E-state index contributed by atoms with van der Waals surface area (Å²) in [6, 6.07) is 13.3. The van der Waals surface area contributed by atoms with Gasteiger partial charge in [-0.05, 0) is 24.3 Å². The van der Waals surface area contributed by atoms with Crippen LogP contribution in [0.5, 0.6) is 0 Å². The number of ether oxygens (including phenoxy) is 1. The molecule has 0 radical (unpaired) electrons. The number of amides is 1. The molecule has 5 nitrogen and oxygen atoms in total. The van der Waals surface area contributed by atoms with Crippen LogP contribution in [0, 0.1) is 11.3 Å². The maximum absolute atomic E-state index is 12.4. The van der Waals surface area contributed by atoms with E-state index < -0.39 is 0 Å². The quantitative estimate of drug-likeness (QED) is 0.598. The predicted molar refractivity (Wildman–Crippen MR) is 92.8 cm³/mol. The summed E-state index contributed by atoms with van der Waals surface area (Å²) in [5.41, 5.74) is 0.990. The molecule has 1 aliphatic heterocycles. The van der Waals surface area contributed by atoms with Gasteiger partial charge in [-0.15, -0.1) is 0 Å². The molecule has 24 heavy (non-hydrogen) atoms. The smallest absolute Gasteiger partial charge is 0.264 e. The van der Waals surface area contributed by atoms with Gasteiger partial charge in [0.25, 0.3) is 5.91 Å². The first-order valence-electron chi connectivity index (χ1n) is 7.52. The Labute approximate surface area is 148 Å². The molecule has 0 aliphatic carbocycles. The van der Waals surface area contributed by atoms with Crippen molar-refractivity contribution in [2.75, 3.05) is 26.3 Å². The summed E-state index contributed by atoms with van der Waals surface area (Å²) in [5, 5.41) is 9.30. The van der Waals surface area contributed by atoms with E-state index in [0.29, 0.717) is 37.8 Å². The number of nitrogens with zero attached hydrogens (tertiary/aromatic N) is 2. The van der Waals surface area contributed by atoms with E-state index in [2.05, 4.69) is 15.9 Å². The van der Waals surface area contributed by atoms with Crippen LogP contribution in [-0.2, 0) is 9.53 Å². The zero-order chi connectivity index (χ0) is 16.9. The van der Waals surface area contributed by atoms with Gasteiger partial charge in [0, 0.05) is 29.2 Å². The first kappa shape index (κ1) is 16.5. The van der Waals surface area contributed by atoms with Crippen LogP contribution < -0.4 is 0 Å². The number of hydrogen-bond acceptors (Lipinski definition) is 4. The van der Waals surface area contributed by atoms with Gasteiger partial charge in [0.15, 0.2) is 0 Å². The summed E-state index contributed by atoms with van der Waals surface area (Å²) in [6.45, 7) is 2.00. The van der Waals surface area contributed by atoms with E-state index in [4.69, 9.17) is 9.15 Å². The third kappa shape index (κ3) is 3.75. The molecule has 0 unspecified atom stereocenters. The van der Waals surface area contributed by atoms with Gasteiger partial charge < -0.3 is 14.1 Å². The molecule has 2 aromatic rings. The van der Waals surface area contributed by atoms with Gasteiger partial charge >= 0.3 is 0 Å². The van der Waals surface area contributed by atoms with Crippen LogP contribution in [0.25, 0.3) is 17.4 Å². The Bertz CT molecular complexity index is 796. The second-order valence-corrected chi connectivity index (χ2v) is 6.20. The lowest BCUT2D eigenvalue weighted by molar-refractivity contribution is -0.130. The van der Waals surface area contributed by atoms with Gasteiger partial charge in [-0.1, -0.05) is 28.1 Å². The molecule has 3 rings (SSSR count). The van der Waals surface area contributed by atoms with Crippen molar-refractivity contribution in [1.29, 1.82) is 5.26 Å². The highest BCUT2D eigenvalue weighted by molar-refractivity contribution is 9.10. The monoisotopic (exact) mass is 386 g/mol. The topological polar surface area (TPSA) is 66.5 Å². The summed E-state index contributed by atoms with van der Waals surface area (Å²) in [7, 11) is 0. The fraction of sp³-hybridized carbons (Fsp3) is 0.222. The Balaban J connectivity index is 1.80. The number of carbonyl (C=O) groups excluding carboxylic acids is 1. The summed E-state index contributed by atoms with van der Waals surface area (Å²) in [4.78, 5) is 14.0. The van der Waals surface area contributed by atoms with Gasteiger partial charge in [0.2, 0.25) is 0 Å². The second-order valence-electron chi connectivity index (χ2n) is 5.28. The molecule has 0 bridgehead atoms. The molecule has 1 aromatic carbocycles. The molecule has 1 aromatic heterocycles. The zero-order valence-corrected chi connectivity index (χ0v) is 14.5. The molecule has 0 N–H and O–H groups in total. The standard InChI is InChI=1S/C18H15BrN2O3/c19-15-3-1-13(2-4-15)17-6-5-16(24-17)11-14(12-20)18(22)21-7-9-23-10-8-21/h1-6,11H,7-10H2/b14-11+. The van der Waals surface area contributed by atoms with Gasteiger partial charge in [-0.3, -0.25) is 4.79 Å². The predicted octanol–water partition coefficient (Wildman–Crippen LogP) is 3.47. The van der Waals surface area contributed by atoms with E-state index in [1.807, 2.05) is 36.4 Å². The SMILES string of the molecule is N#C/C(=C\c1ccc(-c2ccc(Br)cc2)o1)C(=O)N1CCOCC1. The van der Waals surface area contributed by atoms with Gasteiger partial charge in [0.05, 0.1) is 13.2 Å². The van der Waals surface area contributed by atoms with Crippen molar-refractivity contribution in [2.24, 2.45) is 0 Å². The van der Waals surface area contributed by atoms with E-state index in [1.54, 1.807) is 11.0 Å². The van der Waals surface area contributed by atoms with E-state index in [9.17, 15) is 10.1 Å². The molecule has 6 heteroatoms. The molecular formula is C18H15BrN2O3. The summed E-state index contributed by atoms with van der Waals surface area (Å²) in [6.07, 6.45) is 1.49. The molecule has 122 valence electrons. The maximum Gasteiger partial charge on any atom is 0.264 e. The third-order valence-electron chi connectivity index (χ3n) is 3.69. The van der Waals surface area contributed by atoms with Crippen molar-refractivity contribution >= 4 is 27.9 Å². The summed E-state index contributed by atoms with van der Waals surface area (Å²) >= 11 is 3.39. The second kappa shape index (κ2) is 7.47. The maximum atomic E-state index is 12.4.